The zero-order chi connectivity index (χ0) is 14.8. The number of nitrogens with zero attached hydrogens (tertiary/aromatic N) is 2. The number of aliphatic hydroxyl groups excluding tert-OH is 1. The van der Waals surface area contributed by atoms with Gasteiger partial charge in [-0.3, -0.25) is 4.79 Å². The van der Waals surface area contributed by atoms with Gasteiger partial charge in [-0.1, -0.05) is 18.2 Å². The number of fused-ring (bicyclic) bond motifs is 1. The van der Waals surface area contributed by atoms with Crippen molar-refractivity contribution in [2.45, 2.75) is 26.0 Å². The van der Waals surface area contributed by atoms with Crippen molar-refractivity contribution in [1.82, 2.24) is 10.3 Å². The molecule has 1 aliphatic rings. The molecule has 0 radical (unpaired) electrons. The highest BCUT2D eigenvalue weighted by Crippen LogP contribution is 2.26. The number of amides is 1. The first-order chi connectivity index (χ1) is 10.2. The fraction of sp³-hybridized carbons (Fsp3) is 0.375. The van der Waals surface area contributed by atoms with E-state index < -0.39 is 0 Å². The minimum atomic E-state index is -0.0333. The van der Waals surface area contributed by atoms with Crippen molar-refractivity contribution in [2.75, 3.05) is 18.0 Å². The van der Waals surface area contributed by atoms with E-state index in [9.17, 15) is 9.90 Å². The van der Waals surface area contributed by atoms with Crippen molar-refractivity contribution < 1.29 is 9.90 Å². The number of pyridine rings is 1. The molecule has 1 amide bonds. The number of aliphatic hydroxyl groups is 1. The number of hydrogen-bond acceptors (Lipinski definition) is 4. The van der Waals surface area contributed by atoms with Gasteiger partial charge < -0.3 is 15.3 Å². The molecule has 2 heterocycles. The van der Waals surface area contributed by atoms with Crippen molar-refractivity contribution in [3.05, 3.63) is 35.9 Å². The van der Waals surface area contributed by atoms with Crippen LogP contribution in [0.2, 0.25) is 0 Å². The van der Waals surface area contributed by atoms with Gasteiger partial charge in [-0.2, -0.15) is 0 Å². The fourth-order valence-electron chi connectivity index (χ4n) is 2.90. The van der Waals surface area contributed by atoms with Gasteiger partial charge in [-0.05, 0) is 18.6 Å². The highest BCUT2D eigenvalue weighted by molar-refractivity contribution is 5.82. The quantitative estimate of drug-likeness (QED) is 0.895. The number of para-hydroxylation sites is 1. The molecule has 0 bridgehead atoms. The zero-order valence-corrected chi connectivity index (χ0v) is 12.0. The molecule has 1 aromatic carbocycles. The van der Waals surface area contributed by atoms with Gasteiger partial charge >= 0.3 is 0 Å². The molecule has 2 aromatic rings. The fourth-order valence-corrected chi connectivity index (χ4v) is 2.90. The van der Waals surface area contributed by atoms with E-state index >= 15 is 0 Å². The van der Waals surface area contributed by atoms with Crippen molar-refractivity contribution in [3.63, 3.8) is 0 Å². The number of carbonyl (C=O) groups is 1. The lowest BCUT2D eigenvalue weighted by Gasteiger charge is -2.21. The Morgan fingerprint density at radius 3 is 3.05 bits per heavy atom. The highest BCUT2D eigenvalue weighted by Gasteiger charge is 2.25. The molecule has 1 aliphatic heterocycles. The molecule has 1 aromatic heterocycles. The Hall–Kier alpha value is -2.14. The number of anilines is 1. The number of carbonyl (C=O) groups excluding carboxylic acids is 1. The van der Waals surface area contributed by atoms with Gasteiger partial charge in [0.15, 0.2) is 0 Å². The van der Waals surface area contributed by atoms with Crippen LogP contribution in [0.15, 0.2) is 30.3 Å². The summed E-state index contributed by atoms with van der Waals surface area (Å²) in [5, 5.41) is 13.6. The summed E-state index contributed by atoms with van der Waals surface area (Å²) in [4.78, 5) is 18.0. The largest absolute Gasteiger partial charge is 0.392 e. The molecule has 1 atom stereocenters. The molecule has 2 N–H and O–H groups in total. The summed E-state index contributed by atoms with van der Waals surface area (Å²) in [7, 11) is 0. The number of hydrogen-bond donors (Lipinski definition) is 2. The monoisotopic (exact) mass is 285 g/mol. The van der Waals surface area contributed by atoms with Gasteiger partial charge in [0, 0.05) is 37.0 Å². The molecular weight excluding hydrogens is 266 g/mol. The van der Waals surface area contributed by atoms with Gasteiger partial charge in [-0.15, -0.1) is 0 Å². The molecule has 0 spiro atoms. The standard InChI is InChI=1S/C16H19N3O2/c1-11(21)17-14-6-7-19(9-14)16-13(10-20)8-12-4-2-3-5-15(12)18-16/h2-5,8,14,20H,6-7,9-10H2,1H3,(H,17,21). The maximum Gasteiger partial charge on any atom is 0.217 e. The lowest BCUT2D eigenvalue weighted by atomic mass is 10.1. The predicted octanol–water partition coefficient (Wildman–Crippen LogP) is 1.44. The molecule has 110 valence electrons. The highest BCUT2D eigenvalue weighted by atomic mass is 16.3. The summed E-state index contributed by atoms with van der Waals surface area (Å²) in [6.07, 6.45) is 0.902. The first kappa shape index (κ1) is 13.8. The number of benzene rings is 1. The van der Waals surface area contributed by atoms with Crippen LogP contribution in [0.3, 0.4) is 0 Å². The van der Waals surface area contributed by atoms with E-state index in [1.807, 2.05) is 30.3 Å². The van der Waals surface area contributed by atoms with Crippen LogP contribution in [-0.2, 0) is 11.4 Å². The summed E-state index contributed by atoms with van der Waals surface area (Å²) in [5.74, 6) is 0.819. The third-order valence-corrected chi connectivity index (χ3v) is 3.85. The number of nitrogens with one attached hydrogen (secondary N) is 1. The Balaban J connectivity index is 1.91. The molecule has 5 nitrogen and oxygen atoms in total. The predicted molar refractivity (Wildman–Crippen MR) is 82.1 cm³/mol. The summed E-state index contributed by atoms with van der Waals surface area (Å²) in [5.41, 5.74) is 1.75. The topological polar surface area (TPSA) is 65.5 Å². The van der Waals surface area contributed by atoms with Gasteiger partial charge in [0.05, 0.1) is 12.1 Å². The van der Waals surface area contributed by atoms with Crippen LogP contribution in [0.25, 0.3) is 10.9 Å². The van der Waals surface area contributed by atoms with E-state index in [0.29, 0.717) is 0 Å². The second-order valence-electron chi connectivity index (χ2n) is 5.45. The van der Waals surface area contributed by atoms with Crippen LogP contribution in [0, 0.1) is 0 Å². The van der Waals surface area contributed by atoms with Gasteiger partial charge in [0.1, 0.15) is 5.82 Å². The molecule has 1 saturated heterocycles. The lowest BCUT2D eigenvalue weighted by molar-refractivity contribution is -0.119. The summed E-state index contributed by atoms with van der Waals surface area (Å²) in [6.45, 7) is 3.08. The Labute approximate surface area is 123 Å². The third kappa shape index (κ3) is 2.83. The van der Waals surface area contributed by atoms with Gasteiger partial charge in [-0.25, -0.2) is 4.98 Å². The maximum atomic E-state index is 11.2. The Morgan fingerprint density at radius 1 is 1.48 bits per heavy atom. The van der Waals surface area contributed by atoms with E-state index in [1.165, 1.54) is 6.92 Å². The molecule has 0 aliphatic carbocycles. The van der Waals surface area contributed by atoms with Crippen LogP contribution in [-0.4, -0.2) is 35.1 Å². The maximum absolute atomic E-state index is 11.2. The molecule has 5 heteroatoms. The van der Waals surface area contributed by atoms with E-state index in [1.54, 1.807) is 0 Å². The van der Waals surface area contributed by atoms with E-state index in [2.05, 4.69) is 10.2 Å². The molecule has 1 fully saturated rings. The first-order valence-electron chi connectivity index (χ1n) is 7.19. The van der Waals surface area contributed by atoms with E-state index in [4.69, 9.17) is 4.98 Å². The number of aromatic nitrogens is 1. The average molecular weight is 285 g/mol. The van der Waals surface area contributed by atoms with Crippen LogP contribution in [0.1, 0.15) is 18.9 Å². The van der Waals surface area contributed by atoms with E-state index in [0.717, 1.165) is 41.8 Å². The second kappa shape index (κ2) is 5.69. The normalized spacial score (nSPS) is 18.2. The number of rotatable bonds is 3. The van der Waals surface area contributed by atoms with Crippen molar-refractivity contribution in [3.8, 4) is 0 Å². The van der Waals surface area contributed by atoms with Crippen LogP contribution in [0.5, 0.6) is 0 Å². The minimum absolute atomic E-state index is 0.00398. The third-order valence-electron chi connectivity index (χ3n) is 3.85. The zero-order valence-electron chi connectivity index (χ0n) is 12.0. The molecular formula is C16H19N3O2. The van der Waals surface area contributed by atoms with Crippen LogP contribution in [0.4, 0.5) is 5.82 Å². The molecule has 0 saturated carbocycles. The first-order valence-corrected chi connectivity index (χ1v) is 7.19. The van der Waals surface area contributed by atoms with Crippen molar-refractivity contribution >= 4 is 22.6 Å². The molecule has 1 unspecified atom stereocenters. The van der Waals surface area contributed by atoms with Crippen molar-refractivity contribution in [1.29, 1.82) is 0 Å². The van der Waals surface area contributed by atoms with Gasteiger partial charge in [0.2, 0.25) is 5.91 Å². The van der Waals surface area contributed by atoms with Crippen LogP contribution < -0.4 is 10.2 Å². The van der Waals surface area contributed by atoms with Crippen molar-refractivity contribution in [2.24, 2.45) is 0 Å². The Morgan fingerprint density at radius 2 is 2.29 bits per heavy atom. The average Bonchev–Trinajstić information content (AvgIpc) is 2.93. The summed E-state index contributed by atoms with van der Waals surface area (Å²) >= 11 is 0. The Kier molecular flexibility index (Phi) is 3.75. The molecule has 21 heavy (non-hydrogen) atoms. The van der Waals surface area contributed by atoms with Gasteiger partial charge in [0.25, 0.3) is 0 Å². The molecule has 3 rings (SSSR count). The SMILES string of the molecule is CC(=O)NC1CCN(c2nc3ccccc3cc2CO)C1. The second-order valence-corrected chi connectivity index (χ2v) is 5.45. The van der Waals surface area contributed by atoms with E-state index in [-0.39, 0.29) is 18.6 Å². The van der Waals surface area contributed by atoms with Crippen LogP contribution >= 0.6 is 0 Å². The summed E-state index contributed by atoms with van der Waals surface area (Å²) < 4.78 is 0. The minimum Gasteiger partial charge on any atom is -0.392 e. The summed E-state index contributed by atoms with van der Waals surface area (Å²) in [6, 6.07) is 10.0. The smallest absolute Gasteiger partial charge is 0.217 e. The Bertz CT molecular complexity index is 672. The lowest BCUT2D eigenvalue weighted by Crippen LogP contribution is -2.35.